The number of nitrogens with one attached hydrogen (secondary N) is 1. The van der Waals surface area contributed by atoms with Crippen molar-refractivity contribution in [1.29, 1.82) is 0 Å². The van der Waals surface area contributed by atoms with Gasteiger partial charge in [-0.25, -0.2) is 0 Å². The van der Waals surface area contributed by atoms with Crippen LogP contribution in [0.4, 0.5) is 0 Å². The Morgan fingerprint density at radius 2 is 2.12 bits per heavy atom. The van der Waals surface area contributed by atoms with E-state index < -0.39 is 0 Å². The van der Waals surface area contributed by atoms with Crippen LogP contribution < -0.4 is 4.74 Å². The minimum absolute atomic E-state index is 0.0418. The van der Waals surface area contributed by atoms with Crippen LogP contribution >= 0.6 is 15.9 Å². The fraction of sp³-hybridized carbons (Fsp3) is 0.250. The molecule has 1 heterocycles. The topological polar surface area (TPSA) is 42.1 Å². The van der Waals surface area contributed by atoms with Crippen LogP contribution in [-0.4, -0.2) is 17.9 Å². The van der Waals surface area contributed by atoms with Gasteiger partial charge in [0.15, 0.2) is 5.78 Å². The van der Waals surface area contributed by atoms with Gasteiger partial charge in [0.2, 0.25) is 0 Å². The summed E-state index contributed by atoms with van der Waals surface area (Å²) in [4.78, 5) is 14.8. The summed E-state index contributed by atoms with van der Waals surface area (Å²) in [7, 11) is 1.60. The number of hydrogen-bond donors (Lipinski definition) is 1. The van der Waals surface area contributed by atoms with Crippen molar-refractivity contribution >= 4 is 32.6 Å². The molecule has 0 aliphatic carbocycles. The van der Waals surface area contributed by atoms with Crippen molar-refractivity contribution in [3.8, 4) is 5.75 Å². The number of carbonyl (C=O) groups is 1. The molecular weight excluding hydrogens is 270 g/mol. The van der Waals surface area contributed by atoms with E-state index in [-0.39, 0.29) is 5.78 Å². The van der Waals surface area contributed by atoms with Gasteiger partial charge >= 0.3 is 0 Å². The zero-order chi connectivity index (χ0) is 11.9. The molecule has 0 bridgehead atoms. The number of aryl methyl sites for hydroxylation is 1. The van der Waals surface area contributed by atoms with Gasteiger partial charge in [-0.3, -0.25) is 4.79 Å². The van der Waals surface area contributed by atoms with Crippen molar-refractivity contribution in [2.45, 2.75) is 13.8 Å². The molecule has 4 heteroatoms. The van der Waals surface area contributed by atoms with Crippen LogP contribution in [0, 0.1) is 6.92 Å². The van der Waals surface area contributed by atoms with Gasteiger partial charge in [0.25, 0.3) is 0 Å². The van der Waals surface area contributed by atoms with Crippen molar-refractivity contribution in [2.75, 3.05) is 7.11 Å². The molecule has 0 amide bonds. The molecule has 0 aliphatic rings. The number of aromatic nitrogens is 1. The molecule has 0 atom stereocenters. The maximum absolute atomic E-state index is 11.6. The van der Waals surface area contributed by atoms with Crippen LogP contribution in [0.2, 0.25) is 0 Å². The van der Waals surface area contributed by atoms with Gasteiger partial charge in [0.1, 0.15) is 5.75 Å². The molecule has 84 valence electrons. The monoisotopic (exact) mass is 281 g/mol. The van der Waals surface area contributed by atoms with E-state index in [1.165, 1.54) is 0 Å². The molecule has 1 aromatic carbocycles. The number of ketones is 1. The Bertz CT molecular complexity index is 572. The van der Waals surface area contributed by atoms with E-state index in [1.54, 1.807) is 14.0 Å². The molecule has 0 unspecified atom stereocenters. The van der Waals surface area contributed by atoms with E-state index >= 15 is 0 Å². The summed E-state index contributed by atoms with van der Waals surface area (Å²) in [5, 5.41) is 0.849. The zero-order valence-electron chi connectivity index (χ0n) is 9.35. The number of hydrogen-bond acceptors (Lipinski definition) is 2. The number of benzene rings is 1. The number of aromatic amines is 1. The fourth-order valence-corrected chi connectivity index (χ4v) is 2.49. The number of carbonyl (C=O) groups excluding carboxylic acids is 1. The maximum Gasteiger partial charge on any atom is 0.162 e. The van der Waals surface area contributed by atoms with E-state index in [2.05, 4.69) is 20.9 Å². The van der Waals surface area contributed by atoms with Gasteiger partial charge in [-0.05, 0) is 41.9 Å². The number of fused-ring (bicyclic) bond motifs is 1. The highest BCUT2D eigenvalue weighted by Crippen LogP contribution is 2.37. The first-order chi connectivity index (χ1) is 7.56. The standard InChI is InChI=1S/C12H12BrNO2/c1-6-10(7(2)15)11-9(14-6)5-4-8(13)12(11)16-3/h4-5,14H,1-3H3. The smallest absolute Gasteiger partial charge is 0.162 e. The molecule has 0 aliphatic heterocycles. The minimum Gasteiger partial charge on any atom is -0.495 e. The molecule has 0 radical (unpaired) electrons. The first-order valence-corrected chi connectivity index (χ1v) is 5.71. The number of rotatable bonds is 2. The Hall–Kier alpha value is -1.29. The predicted molar refractivity (Wildman–Crippen MR) is 67.3 cm³/mol. The summed E-state index contributed by atoms with van der Waals surface area (Å²) in [6, 6.07) is 3.84. The summed E-state index contributed by atoms with van der Waals surface area (Å²) in [5.41, 5.74) is 2.50. The van der Waals surface area contributed by atoms with Gasteiger partial charge in [-0.15, -0.1) is 0 Å². The molecule has 1 N–H and O–H groups in total. The third kappa shape index (κ3) is 1.53. The Kier molecular flexibility index (Phi) is 2.76. The normalized spacial score (nSPS) is 10.8. The fourth-order valence-electron chi connectivity index (χ4n) is 2.00. The Labute approximate surface area is 102 Å². The number of ether oxygens (including phenoxy) is 1. The lowest BCUT2D eigenvalue weighted by atomic mass is 10.1. The number of Topliss-reactive ketones (excluding diaryl/α,β-unsaturated/α-hetero) is 1. The van der Waals surface area contributed by atoms with Crippen LogP contribution in [0.5, 0.6) is 5.75 Å². The molecule has 0 fully saturated rings. The number of methoxy groups -OCH3 is 1. The van der Waals surface area contributed by atoms with E-state index in [4.69, 9.17) is 4.74 Å². The summed E-state index contributed by atoms with van der Waals surface area (Å²) in [6.07, 6.45) is 0. The van der Waals surface area contributed by atoms with Crippen LogP contribution in [0.25, 0.3) is 10.9 Å². The molecule has 3 nitrogen and oxygen atoms in total. The van der Waals surface area contributed by atoms with Crippen molar-refractivity contribution < 1.29 is 9.53 Å². The van der Waals surface area contributed by atoms with Gasteiger partial charge in [0, 0.05) is 11.3 Å². The lowest BCUT2D eigenvalue weighted by Gasteiger charge is -2.06. The van der Waals surface area contributed by atoms with E-state index in [0.29, 0.717) is 11.3 Å². The molecular formula is C12H12BrNO2. The van der Waals surface area contributed by atoms with Crippen LogP contribution in [0.15, 0.2) is 16.6 Å². The molecule has 16 heavy (non-hydrogen) atoms. The van der Waals surface area contributed by atoms with E-state index in [1.807, 2.05) is 19.1 Å². The number of H-pyrrole nitrogens is 1. The Morgan fingerprint density at radius 1 is 1.44 bits per heavy atom. The summed E-state index contributed by atoms with van der Waals surface area (Å²) in [6.45, 7) is 3.46. The van der Waals surface area contributed by atoms with Crippen molar-refractivity contribution in [1.82, 2.24) is 4.98 Å². The largest absolute Gasteiger partial charge is 0.495 e. The molecule has 0 spiro atoms. The molecule has 1 aromatic heterocycles. The highest BCUT2D eigenvalue weighted by molar-refractivity contribution is 9.10. The van der Waals surface area contributed by atoms with Gasteiger partial charge < -0.3 is 9.72 Å². The minimum atomic E-state index is 0.0418. The van der Waals surface area contributed by atoms with Gasteiger partial charge in [-0.1, -0.05) is 0 Å². The number of halogens is 1. The second kappa shape index (κ2) is 3.94. The molecule has 0 saturated carbocycles. The highest BCUT2D eigenvalue weighted by atomic mass is 79.9. The predicted octanol–water partition coefficient (Wildman–Crippen LogP) is 3.45. The van der Waals surface area contributed by atoms with Crippen LogP contribution in [0.1, 0.15) is 23.0 Å². The van der Waals surface area contributed by atoms with Crippen LogP contribution in [0.3, 0.4) is 0 Å². The molecule has 2 rings (SSSR count). The molecule has 0 saturated heterocycles. The first kappa shape index (κ1) is 11.2. The lowest BCUT2D eigenvalue weighted by Crippen LogP contribution is -1.95. The zero-order valence-corrected chi connectivity index (χ0v) is 10.9. The van der Waals surface area contributed by atoms with Crippen LogP contribution in [-0.2, 0) is 0 Å². The Balaban J connectivity index is 2.94. The van der Waals surface area contributed by atoms with E-state index in [9.17, 15) is 4.79 Å². The maximum atomic E-state index is 11.6. The van der Waals surface area contributed by atoms with Gasteiger partial charge in [-0.2, -0.15) is 0 Å². The third-order valence-electron chi connectivity index (χ3n) is 2.61. The second-order valence-electron chi connectivity index (χ2n) is 3.68. The SMILES string of the molecule is COc1c(Br)ccc2[nH]c(C)c(C(C)=O)c12. The van der Waals surface area contributed by atoms with Crippen molar-refractivity contribution in [3.63, 3.8) is 0 Å². The summed E-state index contributed by atoms with van der Waals surface area (Å²) < 4.78 is 6.19. The third-order valence-corrected chi connectivity index (χ3v) is 3.24. The lowest BCUT2D eigenvalue weighted by molar-refractivity contribution is 0.101. The quantitative estimate of drug-likeness (QED) is 0.857. The average molecular weight is 282 g/mol. The average Bonchev–Trinajstić information content (AvgIpc) is 2.54. The van der Waals surface area contributed by atoms with Crippen molar-refractivity contribution in [2.24, 2.45) is 0 Å². The van der Waals surface area contributed by atoms with E-state index in [0.717, 1.165) is 21.1 Å². The summed E-state index contributed by atoms with van der Waals surface area (Å²) >= 11 is 3.42. The second-order valence-corrected chi connectivity index (χ2v) is 4.54. The summed E-state index contributed by atoms with van der Waals surface area (Å²) in [5.74, 6) is 0.743. The van der Waals surface area contributed by atoms with Crippen molar-refractivity contribution in [3.05, 3.63) is 27.9 Å². The highest BCUT2D eigenvalue weighted by Gasteiger charge is 2.17. The first-order valence-electron chi connectivity index (χ1n) is 4.92. The Morgan fingerprint density at radius 3 is 2.69 bits per heavy atom. The van der Waals surface area contributed by atoms with Gasteiger partial charge in [0.05, 0.1) is 22.5 Å². The molecule has 2 aromatic rings.